The lowest BCUT2D eigenvalue weighted by Crippen LogP contribution is -2.27. The molecule has 2 aromatic carbocycles. The van der Waals surface area contributed by atoms with Gasteiger partial charge in [0.25, 0.3) is 11.1 Å². The van der Waals surface area contributed by atoms with Crippen LogP contribution >= 0.6 is 34.4 Å². The lowest BCUT2D eigenvalue weighted by atomic mass is 10.1. The van der Waals surface area contributed by atoms with Crippen molar-refractivity contribution in [2.45, 2.75) is 6.54 Å². The summed E-state index contributed by atoms with van der Waals surface area (Å²) < 4.78 is 17.1. The average molecular weight is 525 g/mol. The molecule has 1 aliphatic rings. The number of rotatable bonds is 8. The van der Waals surface area contributed by atoms with Crippen molar-refractivity contribution in [1.29, 1.82) is 0 Å². The first-order chi connectivity index (χ1) is 14.0. The predicted molar refractivity (Wildman–Crippen MR) is 121 cm³/mol. The minimum atomic E-state index is -0.294. The van der Waals surface area contributed by atoms with Gasteiger partial charge in [0.05, 0.1) is 25.2 Å². The van der Waals surface area contributed by atoms with Crippen LogP contribution in [-0.4, -0.2) is 43.5 Å². The Labute approximate surface area is 187 Å². The van der Waals surface area contributed by atoms with Gasteiger partial charge in [-0.3, -0.25) is 14.5 Å². The molecule has 0 bridgehead atoms. The van der Waals surface area contributed by atoms with E-state index in [2.05, 4.69) is 22.6 Å². The van der Waals surface area contributed by atoms with E-state index >= 15 is 0 Å². The fraction of sp³-hybridized carbons (Fsp3) is 0.238. The number of hydrogen-bond donors (Lipinski definition) is 0. The van der Waals surface area contributed by atoms with E-state index in [4.69, 9.17) is 14.2 Å². The molecule has 0 aliphatic carbocycles. The first-order valence-electron chi connectivity index (χ1n) is 8.81. The quantitative estimate of drug-likeness (QED) is 0.286. The summed E-state index contributed by atoms with van der Waals surface area (Å²) in [5, 5.41) is -0.272. The molecule has 29 heavy (non-hydrogen) atoms. The van der Waals surface area contributed by atoms with Gasteiger partial charge in [0, 0.05) is 10.7 Å². The van der Waals surface area contributed by atoms with Gasteiger partial charge in [0.1, 0.15) is 6.61 Å². The van der Waals surface area contributed by atoms with Gasteiger partial charge < -0.3 is 14.2 Å². The molecule has 0 aromatic heterocycles. The van der Waals surface area contributed by atoms with Gasteiger partial charge in [0.15, 0.2) is 11.5 Å². The molecule has 0 spiro atoms. The summed E-state index contributed by atoms with van der Waals surface area (Å²) in [7, 11) is 3.16. The first kappa shape index (κ1) is 21.7. The lowest BCUT2D eigenvalue weighted by molar-refractivity contribution is -0.123. The summed E-state index contributed by atoms with van der Waals surface area (Å²) in [6, 6.07) is 13.1. The molecule has 2 aromatic rings. The number of thioether (sulfide) groups is 1. The highest BCUT2D eigenvalue weighted by atomic mass is 127. The Morgan fingerprint density at radius 1 is 1.03 bits per heavy atom. The van der Waals surface area contributed by atoms with E-state index in [0.29, 0.717) is 29.6 Å². The van der Waals surface area contributed by atoms with Crippen molar-refractivity contribution in [1.82, 2.24) is 4.90 Å². The molecule has 0 saturated carbocycles. The van der Waals surface area contributed by atoms with Crippen molar-refractivity contribution in [3.05, 3.63) is 62.1 Å². The van der Waals surface area contributed by atoms with E-state index in [0.717, 1.165) is 26.5 Å². The Morgan fingerprint density at radius 3 is 2.48 bits per heavy atom. The third-order valence-electron chi connectivity index (χ3n) is 4.16. The highest BCUT2D eigenvalue weighted by Crippen LogP contribution is 2.35. The van der Waals surface area contributed by atoms with Crippen molar-refractivity contribution in [2.24, 2.45) is 0 Å². The van der Waals surface area contributed by atoms with Crippen LogP contribution in [0, 0.1) is 3.57 Å². The number of hydrogen-bond acceptors (Lipinski definition) is 6. The highest BCUT2D eigenvalue weighted by molar-refractivity contribution is 14.1. The number of carbonyl (C=O) groups excluding carboxylic acids is 2. The monoisotopic (exact) mass is 525 g/mol. The molecule has 1 aliphatic heterocycles. The summed E-state index contributed by atoms with van der Waals surface area (Å²) >= 11 is 3.16. The van der Waals surface area contributed by atoms with Gasteiger partial charge in [0.2, 0.25) is 0 Å². The van der Waals surface area contributed by atoms with Crippen molar-refractivity contribution in [2.75, 3.05) is 27.4 Å². The van der Waals surface area contributed by atoms with E-state index in [-0.39, 0.29) is 17.7 Å². The van der Waals surface area contributed by atoms with E-state index in [1.54, 1.807) is 32.4 Å². The van der Waals surface area contributed by atoms with Gasteiger partial charge in [-0.05, 0) is 75.8 Å². The molecular weight excluding hydrogens is 505 g/mol. The second-order valence-electron chi connectivity index (χ2n) is 6.15. The minimum absolute atomic E-state index is 0.258. The summed E-state index contributed by atoms with van der Waals surface area (Å²) in [5.74, 6) is 0.847. The molecular formula is C21H20INO5S. The third kappa shape index (κ3) is 5.52. The fourth-order valence-corrected chi connectivity index (χ4v) is 3.89. The molecule has 152 valence electrons. The van der Waals surface area contributed by atoms with Crippen molar-refractivity contribution >= 4 is 51.6 Å². The number of benzene rings is 2. The van der Waals surface area contributed by atoms with Crippen LogP contribution in [0.1, 0.15) is 11.1 Å². The normalized spacial score (nSPS) is 15.3. The molecule has 1 saturated heterocycles. The molecule has 3 rings (SSSR count). The van der Waals surface area contributed by atoms with Crippen LogP contribution in [0.25, 0.3) is 6.08 Å². The predicted octanol–water partition coefficient (Wildman–Crippen LogP) is 4.56. The van der Waals surface area contributed by atoms with E-state index in [1.807, 2.05) is 30.3 Å². The van der Waals surface area contributed by atoms with Crippen LogP contribution in [0.2, 0.25) is 0 Å². The second-order valence-corrected chi connectivity index (χ2v) is 8.38. The Kier molecular flexibility index (Phi) is 7.57. The number of methoxy groups -OCH3 is 2. The molecule has 1 fully saturated rings. The minimum Gasteiger partial charge on any atom is -0.493 e. The molecule has 6 nitrogen and oxygen atoms in total. The number of amides is 2. The SMILES string of the molecule is COCCOc1ccc(/C=C2\SC(=O)N(Cc3ccc(I)cc3)C2=O)cc1OC. The van der Waals surface area contributed by atoms with Crippen LogP contribution in [0.3, 0.4) is 0 Å². The van der Waals surface area contributed by atoms with Crippen molar-refractivity contribution in [3.63, 3.8) is 0 Å². The lowest BCUT2D eigenvalue weighted by Gasteiger charge is -2.12. The maximum Gasteiger partial charge on any atom is 0.293 e. The van der Waals surface area contributed by atoms with Gasteiger partial charge >= 0.3 is 0 Å². The van der Waals surface area contributed by atoms with Crippen molar-refractivity contribution < 1.29 is 23.8 Å². The second kappa shape index (κ2) is 10.1. The van der Waals surface area contributed by atoms with Crippen LogP contribution < -0.4 is 9.47 Å². The molecule has 0 atom stereocenters. The van der Waals surface area contributed by atoms with E-state index in [9.17, 15) is 9.59 Å². The van der Waals surface area contributed by atoms with Gasteiger partial charge in [-0.15, -0.1) is 0 Å². The summed E-state index contributed by atoms with van der Waals surface area (Å²) in [5.41, 5.74) is 1.66. The maximum absolute atomic E-state index is 12.7. The van der Waals surface area contributed by atoms with Crippen LogP contribution in [0.5, 0.6) is 11.5 Å². The largest absolute Gasteiger partial charge is 0.493 e. The summed E-state index contributed by atoms with van der Waals surface area (Å²) in [6.45, 7) is 1.14. The number of nitrogens with zero attached hydrogens (tertiary/aromatic N) is 1. The zero-order valence-electron chi connectivity index (χ0n) is 16.0. The summed E-state index contributed by atoms with van der Waals surface area (Å²) in [4.78, 5) is 26.7. The third-order valence-corrected chi connectivity index (χ3v) is 5.78. The molecule has 0 radical (unpaired) electrons. The molecule has 1 heterocycles. The van der Waals surface area contributed by atoms with Crippen molar-refractivity contribution in [3.8, 4) is 11.5 Å². The van der Waals surface area contributed by atoms with E-state index < -0.39 is 0 Å². The molecule has 0 unspecified atom stereocenters. The number of carbonyl (C=O) groups is 2. The Hall–Kier alpha value is -2.04. The first-order valence-corrected chi connectivity index (χ1v) is 10.7. The summed E-state index contributed by atoms with van der Waals surface area (Å²) in [6.07, 6.45) is 1.69. The van der Waals surface area contributed by atoms with Gasteiger partial charge in [-0.1, -0.05) is 18.2 Å². The molecule has 8 heteroatoms. The fourth-order valence-electron chi connectivity index (χ4n) is 2.69. The smallest absolute Gasteiger partial charge is 0.293 e. The topological polar surface area (TPSA) is 65.1 Å². The number of ether oxygens (including phenoxy) is 3. The standard InChI is InChI=1S/C21H20INO5S/c1-26-9-10-28-17-8-5-15(11-18(17)27-2)12-19-20(24)23(21(25)29-19)13-14-3-6-16(22)7-4-14/h3-8,11-12H,9-10,13H2,1-2H3/b19-12-. The Balaban J connectivity index is 1.75. The van der Waals surface area contributed by atoms with Crippen LogP contribution in [0.4, 0.5) is 4.79 Å². The van der Waals surface area contributed by atoms with Crippen LogP contribution in [-0.2, 0) is 16.1 Å². The number of halogens is 1. The molecule has 2 amide bonds. The Morgan fingerprint density at radius 2 is 1.79 bits per heavy atom. The van der Waals surface area contributed by atoms with Crippen LogP contribution in [0.15, 0.2) is 47.4 Å². The molecule has 0 N–H and O–H groups in total. The highest BCUT2D eigenvalue weighted by Gasteiger charge is 2.35. The van der Waals surface area contributed by atoms with E-state index in [1.165, 1.54) is 4.90 Å². The Bertz CT molecular complexity index is 929. The zero-order chi connectivity index (χ0) is 20.8. The number of imide groups is 1. The average Bonchev–Trinajstić information content (AvgIpc) is 2.98. The van der Waals surface area contributed by atoms with Gasteiger partial charge in [-0.2, -0.15) is 0 Å². The maximum atomic E-state index is 12.7. The zero-order valence-corrected chi connectivity index (χ0v) is 19.0. The van der Waals surface area contributed by atoms with Gasteiger partial charge in [-0.25, -0.2) is 0 Å².